The molecule has 84 valence electrons. The zero-order chi connectivity index (χ0) is 11.5. The Morgan fingerprint density at radius 3 is 3.00 bits per heavy atom. The van der Waals surface area contributed by atoms with Crippen molar-refractivity contribution in [1.82, 2.24) is 4.98 Å². The summed E-state index contributed by atoms with van der Waals surface area (Å²) in [6.45, 7) is 2.26. The van der Waals surface area contributed by atoms with Crippen molar-refractivity contribution in [2.45, 2.75) is 13.5 Å². The van der Waals surface area contributed by atoms with E-state index >= 15 is 0 Å². The number of aryl methyl sites for hydroxylation is 1. The van der Waals surface area contributed by atoms with E-state index in [0.29, 0.717) is 23.0 Å². The molecule has 2 rings (SSSR count). The molecule has 0 bridgehead atoms. The Hall–Kier alpha value is -1.52. The van der Waals surface area contributed by atoms with Crippen LogP contribution < -0.4 is 10.5 Å². The van der Waals surface area contributed by atoms with Crippen LogP contribution in [0.25, 0.3) is 0 Å². The molecule has 0 fully saturated rings. The number of nitrogens with two attached hydrogens (primary N) is 1. The Balaban J connectivity index is 2.22. The van der Waals surface area contributed by atoms with Gasteiger partial charge in [-0.2, -0.15) is 4.98 Å². The van der Waals surface area contributed by atoms with Gasteiger partial charge >= 0.3 is 6.08 Å². The van der Waals surface area contributed by atoms with Gasteiger partial charge in [-0.05, 0) is 24.6 Å². The Kier molecular flexibility index (Phi) is 3.12. The maximum absolute atomic E-state index is 5.97. The molecule has 4 nitrogen and oxygen atoms in total. The molecule has 0 atom stereocenters. The average Bonchev–Trinajstić information content (AvgIpc) is 2.71. The van der Waals surface area contributed by atoms with Crippen molar-refractivity contribution in [2.24, 2.45) is 5.73 Å². The van der Waals surface area contributed by atoms with E-state index in [4.69, 9.17) is 26.5 Å². The molecule has 2 aromatic rings. The van der Waals surface area contributed by atoms with Crippen LogP contribution in [0.4, 0.5) is 0 Å². The van der Waals surface area contributed by atoms with Crippen molar-refractivity contribution >= 4 is 11.6 Å². The zero-order valence-electron chi connectivity index (χ0n) is 8.74. The molecule has 0 amide bonds. The van der Waals surface area contributed by atoms with Crippen LogP contribution in [0.5, 0.6) is 11.8 Å². The van der Waals surface area contributed by atoms with Crippen LogP contribution >= 0.6 is 11.6 Å². The van der Waals surface area contributed by atoms with E-state index in [1.807, 2.05) is 19.1 Å². The van der Waals surface area contributed by atoms with Gasteiger partial charge in [-0.1, -0.05) is 17.7 Å². The minimum absolute atomic E-state index is 0.146. The first-order valence-electron chi connectivity index (χ1n) is 4.77. The minimum Gasteiger partial charge on any atom is -0.417 e. The third-order valence-corrected chi connectivity index (χ3v) is 2.34. The summed E-state index contributed by atoms with van der Waals surface area (Å²) in [5.41, 5.74) is 7.09. The highest BCUT2D eigenvalue weighted by molar-refractivity contribution is 6.32. The molecule has 5 heteroatoms. The largest absolute Gasteiger partial charge is 0.417 e. The standard InChI is InChI=1S/C11H11ClN2O2/c1-7-2-3-9(12)10(4-7)16-11-14-8(5-13)6-15-11/h2-4,6H,5,13H2,1H3. The number of hydrogen-bond donors (Lipinski definition) is 1. The first-order valence-corrected chi connectivity index (χ1v) is 5.15. The molecule has 0 saturated heterocycles. The quantitative estimate of drug-likeness (QED) is 0.893. The molecule has 1 aromatic heterocycles. The molecule has 0 aliphatic carbocycles. The van der Waals surface area contributed by atoms with Crippen LogP contribution in [-0.2, 0) is 6.54 Å². The molecule has 0 spiro atoms. The van der Waals surface area contributed by atoms with Gasteiger partial charge in [-0.25, -0.2) is 0 Å². The number of halogens is 1. The lowest BCUT2D eigenvalue weighted by Crippen LogP contribution is -1.96. The van der Waals surface area contributed by atoms with Crippen molar-refractivity contribution in [3.8, 4) is 11.8 Å². The number of nitrogens with zero attached hydrogens (tertiary/aromatic N) is 1. The van der Waals surface area contributed by atoms with Gasteiger partial charge in [0.15, 0.2) is 5.75 Å². The highest BCUT2D eigenvalue weighted by atomic mass is 35.5. The molecule has 1 heterocycles. The van der Waals surface area contributed by atoms with Crippen LogP contribution in [0.3, 0.4) is 0 Å². The number of rotatable bonds is 3. The zero-order valence-corrected chi connectivity index (χ0v) is 9.49. The van der Waals surface area contributed by atoms with Gasteiger partial charge in [-0.15, -0.1) is 0 Å². The van der Waals surface area contributed by atoms with Gasteiger partial charge in [-0.3, -0.25) is 0 Å². The Bertz CT molecular complexity index is 496. The molecule has 1 aromatic carbocycles. The van der Waals surface area contributed by atoms with Crippen molar-refractivity contribution in [3.63, 3.8) is 0 Å². The lowest BCUT2D eigenvalue weighted by molar-refractivity contribution is 0.330. The van der Waals surface area contributed by atoms with Crippen LogP contribution in [0, 0.1) is 6.92 Å². The van der Waals surface area contributed by atoms with E-state index in [1.165, 1.54) is 6.26 Å². The van der Waals surface area contributed by atoms with Gasteiger partial charge in [0.25, 0.3) is 0 Å². The molecule has 2 N–H and O–H groups in total. The van der Waals surface area contributed by atoms with Crippen LogP contribution in [0.1, 0.15) is 11.3 Å². The van der Waals surface area contributed by atoms with Gasteiger partial charge in [0.05, 0.1) is 10.7 Å². The summed E-state index contributed by atoms with van der Waals surface area (Å²) in [6.07, 6.45) is 1.60. The first-order chi connectivity index (χ1) is 7.69. The van der Waals surface area contributed by atoms with Gasteiger partial charge in [0.1, 0.15) is 6.26 Å². The first kappa shape index (κ1) is 11.0. The summed E-state index contributed by atoms with van der Waals surface area (Å²) >= 11 is 5.97. The van der Waals surface area contributed by atoms with Crippen molar-refractivity contribution in [1.29, 1.82) is 0 Å². The highest BCUT2D eigenvalue weighted by Gasteiger charge is 2.08. The summed E-state index contributed by atoms with van der Waals surface area (Å²) in [5, 5.41) is 0.512. The number of oxazole rings is 1. The van der Waals surface area contributed by atoms with Crippen molar-refractivity contribution in [3.05, 3.63) is 40.7 Å². The summed E-state index contributed by atoms with van der Waals surface area (Å²) in [4.78, 5) is 4.02. The lowest BCUT2D eigenvalue weighted by Gasteiger charge is -2.03. The molecule has 16 heavy (non-hydrogen) atoms. The summed E-state index contributed by atoms with van der Waals surface area (Å²) in [7, 11) is 0. The third kappa shape index (κ3) is 2.35. The monoisotopic (exact) mass is 238 g/mol. The van der Waals surface area contributed by atoms with E-state index in [-0.39, 0.29) is 6.08 Å². The molecule has 0 unspecified atom stereocenters. The predicted octanol–water partition coefficient (Wildman–Crippen LogP) is 2.89. The van der Waals surface area contributed by atoms with Crippen LogP contribution in [0.15, 0.2) is 28.9 Å². The predicted molar refractivity (Wildman–Crippen MR) is 60.7 cm³/mol. The van der Waals surface area contributed by atoms with Crippen LogP contribution in [0.2, 0.25) is 5.02 Å². The number of ether oxygens (including phenoxy) is 1. The fourth-order valence-corrected chi connectivity index (χ4v) is 1.37. The highest BCUT2D eigenvalue weighted by Crippen LogP contribution is 2.29. The second-order valence-electron chi connectivity index (χ2n) is 3.34. The summed E-state index contributed by atoms with van der Waals surface area (Å²) < 4.78 is 10.5. The van der Waals surface area contributed by atoms with E-state index in [0.717, 1.165) is 5.56 Å². The van der Waals surface area contributed by atoms with Crippen LogP contribution in [-0.4, -0.2) is 4.98 Å². The van der Waals surface area contributed by atoms with Gasteiger partial charge in [0.2, 0.25) is 0 Å². The third-order valence-electron chi connectivity index (χ3n) is 2.02. The molecule has 0 aliphatic rings. The second-order valence-corrected chi connectivity index (χ2v) is 3.75. The molecule has 0 radical (unpaired) electrons. The molecular formula is C11H11ClN2O2. The maximum atomic E-state index is 5.97. The number of hydrogen-bond acceptors (Lipinski definition) is 4. The average molecular weight is 239 g/mol. The van der Waals surface area contributed by atoms with E-state index in [2.05, 4.69) is 4.98 Å². The van der Waals surface area contributed by atoms with Gasteiger partial charge in [0, 0.05) is 6.54 Å². The van der Waals surface area contributed by atoms with E-state index in [9.17, 15) is 0 Å². The SMILES string of the molecule is Cc1ccc(Cl)c(Oc2nc(CN)co2)c1. The second kappa shape index (κ2) is 4.55. The number of benzene rings is 1. The topological polar surface area (TPSA) is 61.3 Å². The Morgan fingerprint density at radius 1 is 1.50 bits per heavy atom. The smallest absolute Gasteiger partial charge is 0.399 e. The van der Waals surface area contributed by atoms with Gasteiger partial charge < -0.3 is 14.9 Å². The molecule has 0 saturated carbocycles. The lowest BCUT2D eigenvalue weighted by atomic mass is 10.2. The number of aromatic nitrogens is 1. The van der Waals surface area contributed by atoms with Crippen molar-refractivity contribution < 1.29 is 9.15 Å². The molecular weight excluding hydrogens is 228 g/mol. The summed E-state index contributed by atoms with van der Waals surface area (Å²) in [6, 6.07) is 5.48. The van der Waals surface area contributed by atoms with E-state index in [1.54, 1.807) is 6.07 Å². The Morgan fingerprint density at radius 2 is 2.31 bits per heavy atom. The van der Waals surface area contributed by atoms with E-state index < -0.39 is 0 Å². The Labute approximate surface area is 98.0 Å². The fraction of sp³-hybridized carbons (Fsp3) is 0.182. The minimum atomic E-state index is 0.146. The fourth-order valence-electron chi connectivity index (χ4n) is 1.21. The maximum Gasteiger partial charge on any atom is 0.399 e. The molecule has 0 aliphatic heterocycles. The summed E-state index contributed by atoms with van der Waals surface area (Å²) in [5.74, 6) is 0.520. The normalized spacial score (nSPS) is 10.4. The van der Waals surface area contributed by atoms with Crippen molar-refractivity contribution in [2.75, 3.05) is 0 Å².